The molecule has 0 unspecified atom stereocenters. The first kappa shape index (κ1) is 23.2. The van der Waals surface area contributed by atoms with E-state index in [0.717, 1.165) is 12.7 Å². The van der Waals surface area contributed by atoms with Gasteiger partial charge in [-0.3, -0.25) is 4.68 Å². The average Bonchev–Trinajstić information content (AvgIpc) is 3.21. The maximum Gasteiger partial charge on any atom is 0.0489 e. The molecule has 0 spiro atoms. The van der Waals surface area contributed by atoms with Gasteiger partial charge in [0.2, 0.25) is 0 Å². The van der Waals surface area contributed by atoms with E-state index in [2.05, 4.69) is 79.1 Å². The summed E-state index contributed by atoms with van der Waals surface area (Å²) in [4.78, 5) is 0. The van der Waals surface area contributed by atoms with Gasteiger partial charge in [-0.1, -0.05) is 60.7 Å². The quantitative estimate of drug-likeness (QED) is 0.286. The molecule has 0 aliphatic rings. The third kappa shape index (κ3) is 7.75. The van der Waals surface area contributed by atoms with Crippen molar-refractivity contribution in [1.29, 1.82) is 0 Å². The van der Waals surface area contributed by atoms with Gasteiger partial charge in [0.05, 0.1) is 0 Å². The number of aryl methyl sites for hydroxylation is 1. The molecule has 2 aromatic carbocycles. The van der Waals surface area contributed by atoms with Gasteiger partial charge >= 0.3 is 22.6 Å². The molecule has 3 aromatic rings. The maximum atomic E-state index is 7.50. The molecule has 25 heavy (non-hydrogen) atoms. The largest absolute Gasteiger partial charge is 0.272 e. The van der Waals surface area contributed by atoms with Crippen LogP contribution in [-0.2, 0) is 36.0 Å². The van der Waals surface area contributed by atoms with Gasteiger partial charge < -0.3 is 0 Å². The molecular formula is C19H17IrN2O2P. The van der Waals surface area contributed by atoms with Crippen LogP contribution < -0.4 is 10.6 Å². The van der Waals surface area contributed by atoms with Crippen molar-refractivity contribution in [3.05, 3.63) is 92.4 Å². The Labute approximate surface area is 162 Å². The predicted molar refractivity (Wildman–Crippen MR) is 94.0 cm³/mol. The minimum Gasteiger partial charge on any atom is -0.272 e. The Kier molecular flexibility index (Phi) is 13.5. The van der Waals surface area contributed by atoms with Gasteiger partial charge in [0.15, 0.2) is 0 Å². The summed E-state index contributed by atoms with van der Waals surface area (Å²) in [6.45, 7) is 9.96. The maximum absolute atomic E-state index is 7.50. The Morgan fingerprint density at radius 3 is 1.68 bits per heavy atom. The van der Waals surface area contributed by atoms with Crippen LogP contribution in [-0.4, -0.2) is 15.9 Å². The van der Waals surface area contributed by atoms with Crippen LogP contribution in [0.25, 0.3) is 0 Å². The Morgan fingerprint density at radius 1 is 0.800 bits per heavy atom. The number of hydrogen-bond donors (Lipinski definition) is 0. The molecular weight excluding hydrogens is 511 g/mol. The molecule has 1 heterocycles. The van der Waals surface area contributed by atoms with Gasteiger partial charge in [0, 0.05) is 39.0 Å². The van der Waals surface area contributed by atoms with Crippen LogP contribution in [0.15, 0.2) is 79.1 Å². The van der Waals surface area contributed by atoms with Gasteiger partial charge in [-0.05, 0) is 30.8 Å². The fourth-order valence-electron chi connectivity index (χ4n) is 2.26. The van der Waals surface area contributed by atoms with Crippen molar-refractivity contribution in [1.82, 2.24) is 9.78 Å². The van der Waals surface area contributed by atoms with E-state index in [4.69, 9.17) is 9.30 Å². The number of hydrogen-bond acceptors (Lipinski definition) is 1. The monoisotopic (exact) mass is 529 g/mol. The van der Waals surface area contributed by atoms with Crippen LogP contribution in [0.4, 0.5) is 0 Å². The van der Waals surface area contributed by atoms with Crippen molar-refractivity contribution in [2.75, 3.05) is 6.16 Å². The Morgan fingerprint density at radius 2 is 1.28 bits per heavy atom. The van der Waals surface area contributed by atoms with E-state index in [-0.39, 0.29) is 28.0 Å². The smallest absolute Gasteiger partial charge is 0.0489 e. The Balaban J connectivity index is 0.00000108. The topological polar surface area (TPSA) is 57.6 Å². The number of aromatic nitrogens is 2. The predicted octanol–water partition coefficient (Wildman–Crippen LogP) is 2.94. The first-order chi connectivity index (χ1) is 11.9. The van der Waals surface area contributed by atoms with Gasteiger partial charge in [0.1, 0.15) is 0 Å². The summed E-state index contributed by atoms with van der Waals surface area (Å²) in [7, 11) is -0.316. The van der Waals surface area contributed by atoms with Crippen LogP contribution in [0.5, 0.6) is 0 Å². The molecule has 1 aromatic heterocycles. The molecule has 1 radical (unpaired) electrons. The van der Waals surface area contributed by atoms with E-state index in [0.29, 0.717) is 0 Å². The second kappa shape index (κ2) is 14.5. The minimum absolute atomic E-state index is 0. The average molecular weight is 529 g/mol. The van der Waals surface area contributed by atoms with Crippen molar-refractivity contribution in [3.63, 3.8) is 0 Å². The number of rotatable bonds is 5. The summed E-state index contributed by atoms with van der Waals surface area (Å²) in [5.41, 5.74) is 0. The van der Waals surface area contributed by atoms with Crippen LogP contribution in [0.1, 0.15) is 0 Å². The molecule has 0 fully saturated rings. The summed E-state index contributed by atoms with van der Waals surface area (Å²) < 4.78 is 17.0. The molecule has 0 saturated heterocycles. The fraction of sp³-hybridized carbons (Fsp3) is 0.105. The molecule has 0 bridgehead atoms. The second-order valence-corrected chi connectivity index (χ2v) is 6.93. The zero-order valence-electron chi connectivity index (χ0n) is 13.4. The number of benzene rings is 2. The summed E-state index contributed by atoms with van der Waals surface area (Å²) in [5.74, 6) is 0. The summed E-state index contributed by atoms with van der Waals surface area (Å²) in [6.07, 6.45) is 4.99. The van der Waals surface area contributed by atoms with Crippen molar-refractivity contribution in [3.8, 4) is 0 Å². The van der Waals surface area contributed by atoms with Crippen LogP contribution in [0, 0.1) is 13.3 Å². The normalized spacial score (nSPS) is 8.84. The Hall–Kier alpha value is -1.79. The van der Waals surface area contributed by atoms with Crippen molar-refractivity contribution < 1.29 is 29.4 Å². The Bertz CT molecular complexity index is 671. The molecule has 6 heteroatoms. The van der Waals surface area contributed by atoms with Crippen molar-refractivity contribution >= 4 is 18.5 Å². The third-order valence-electron chi connectivity index (χ3n) is 3.25. The summed E-state index contributed by atoms with van der Waals surface area (Å²) in [6, 6.07) is 23.6. The van der Waals surface area contributed by atoms with E-state index >= 15 is 0 Å². The molecule has 0 saturated carbocycles. The molecule has 0 amide bonds. The summed E-state index contributed by atoms with van der Waals surface area (Å²) in [5, 5.41) is 7.17. The first-order valence-electron chi connectivity index (χ1n) is 7.19. The summed E-state index contributed by atoms with van der Waals surface area (Å²) >= 11 is 0. The van der Waals surface area contributed by atoms with E-state index in [1.54, 1.807) is 0 Å². The molecule has 3 rings (SSSR count). The molecule has 0 aliphatic carbocycles. The van der Waals surface area contributed by atoms with Gasteiger partial charge in [-0.2, -0.15) is 5.10 Å². The van der Waals surface area contributed by atoms with Gasteiger partial charge in [-0.15, -0.1) is 0 Å². The van der Waals surface area contributed by atoms with Crippen LogP contribution >= 0.6 is 7.92 Å². The second-order valence-electron chi connectivity index (χ2n) is 4.59. The van der Waals surface area contributed by atoms with Crippen molar-refractivity contribution in [2.45, 2.75) is 6.54 Å². The van der Waals surface area contributed by atoms with E-state index in [9.17, 15) is 0 Å². The van der Waals surface area contributed by atoms with Gasteiger partial charge in [-0.25, -0.2) is 0 Å². The van der Waals surface area contributed by atoms with Crippen molar-refractivity contribution in [2.24, 2.45) is 0 Å². The van der Waals surface area contributed by atoms with E-state index < -0.39 is 0 Å². The van der Waals surface area contributed by atoms with Crippen LogP contribution in [0.3, 0.4) is 0 Å². The fourth-order valence-corrected chi connectivity index (χ4v) is 4.54. The zero-order valence-corrected chi connectivity index (χ0v) is 16.7. The molecule has 129 valence electrons. The standard InChI is InChI=1S/C17H17N2P.2CO.Ir/c1-3-8-16(9-4-1)20(17-10-5-2-6-11-17)15-14-19-13-7-12-18-19;2*1-2;/h1-13H,14-15H2;;;. The molecule has 0 aliphatic heterocycles. The first-order valence-corrected chi connectivity index (χ1v) is 8.72. The zero-order chi connectivity index (χ0) is 17.6. The molecule has 4 nitrogen and oxygen atoms in total. The van der Waals surface area contributed by atoms with E-state index in [1.807, 2.05) is 23.1 Å². The molecule has 0 N–H and O–H groups in total. The van der Waals surface area contributed by atoms with Gasteiger partial charge in [0.25, 0.3) is 0 Å². The van der Waals surface area contributed by atoms with Crippen LogP contribution in [0.2, 0.25) is 0 Å². The SMILES string of the molecule is [C-]#[O+].[C-]#[O+].[Ir].c1ccc(P(CCn2cccn2)c2ccccc2)cc1. The molecule has 0 atom stereocenters. The van der Waals surface area contributed by atoms with E-state index in [1.165, 1.54) is 10.6 Å². The third-order valence-corrected chi connectivity index (χ3v) is 5.74. The minimum atomic E-state index is -0.316. The number of nitrogens with zero attached hydrogens (tertiary/aromatic N) is 2.